The number of hydrogen-bond donors (Lipinski definition) is 2. The van der Waals surface area contributed by atoms with Gasteiger partial charge in [-0.05, 0) is 19.3 Å². The van der Waals surface area contributed by atoms with E-state index in [0.717, 1.165) is 45.8 Å². The Morgan fingerprint density at radius 1 is 1.25 bits per heavy atom. The maximum Gasteiger partial charge on any atom is 0.243 e. The van der Waals surface area contributed by atoms with E-state index in [0.29, 0.717) is 17.9 Å². The summed E-state index contributed by atoms with van der Waals surface area (Å²) in [5, 5.41) is 6.62. The number of amides is 1. The number of nitrogens with one attached hydrogen (secondary N) is 2. The summed E-state index contributed by atoms with van der Waals surface area (Å²) < 4.78 is 5.47. The van der Waals surface area contributed by atoms with Gasteiger partial charge in [0.25, 0.3) is 0 Å². The van der Waals surface area contributed by atoms with E-state index < -0.39 is 0 Å². The number of ether oxygens (including phenoxy) is 1. The lowest BCUT2D eigenvalue weighted by molar-refractivity contribution is -0.127. The van der Waals surface area contributed by atoms with Crippen LogP contribution < -0.4 is 10.6 Å². The Bertz CT molecular complexity index is 392. The van der Waals surface area contributed by atoms with Crippen molar-refractivity contribution < 1.29 is 9.53 Å². The van der Waals surface area contributed by atoms with Gasteiger partial charge in [0, 0.05) is 46.3 Å². The maximum absolute atomic E-state index is 11.7. The Labute approximate surface area is 146 Å². The predicted octanol–water partition coefficient (Wildman–Crippen LogP) is 0.377. The molecule has 0 aromatic heterocycles. The van der Waals surface area contributed by atoms with Crippen LogP contribution in [0, 0.1) is 5.92 Å². The van der Waals surface area contributed by atoms with Crippen LogP contribution in [0.5, 0.6) is 0 Å². The van der Waals surface area contributed by atoms with Crippen LogP contribution in [0.2, 0.25) is 0 Å². The van der Waals surface area contributed by atoms with E-state index in [-0.39, 0.29) is 12.5 Å². The van der Waals surface area contributed by atoms with Crippen molar-refractivity contribution >= 4 is 11.9 Å². The molecule has 0 saturated carbocycles. The number of guanidine groups is 1. The smallest absolute Gasteiger partial charge is 0.243 e. The van der Waals surface area contributed by atoms with Gasteiger partial charge in [-0.15, -0.1) is 0 Å². The summed E-state index contributed by atoms with van der Waals surface area (Å²) in [6, 6.07) is 0.447. The quantitative estimate of drug-likeness (QED) is 0.493. The Balaban J connectivity index is 2.61. The van der Waals surface area contributed by atoms with Gasteiger partial charge in [0.15, 0.2) is 5.96 Å². The fraction of sp³-hybridized carbons (Fsp3) is 0.882. The molecule has 0 spiro atoms. The van der Waals surface area contributed by atoms with Gasteiger partial charge in [-0.2, -0.15) is 0 Å². The minimum atomic E-state index is -0.000822. The van der Waals surface area contributed by atoms with E-state index in [2.05, 4.69) is 34.4 Å². The van der Waals surface area contributed by atoms with Crippen molar-refractivity contribution in [1.82, 2.24) is 20.4 Å². The van der Waals surface area contributed by atoms with E-state index in [1.807, 2.05) is 6.92 Å². The summed E-state index contributed by atoms with van der Waals surface area (Å²) in [7, 11) is 3.49. The minimum absolute atomic E-state index is 0.000822. The van der Waals surface area contributed by atoms with E-state index >= 15 is 0 Å². The number of carbonyl (C=O) groups excluding carboxylic acids is 1. The van der Waals surface area contributed by atoms with Gasteiger partial charge in [0.1, 0.15) is 6.54 Å². The zero-order chi connectivity index (χ0) is 17.9. The molecule has 0 bridgehead atoms. The molecule has 1 saturated heterocycles. The molecule has 24 heavy (non-hydrogen) atoms. The van der Waals surface area contributed by atoms with Crippen molar-refractivity contribution in [3.63, 3.8) is 0 Å². The van der Waals surface area contributed by atoms with Crippen LogP contribution in [-0.2, 0) is 9.53 Å². The average Bonchev–Trinajstić information content (AvgIpc) is 2.56. The van der Waals surface area contributed by atoms with E-state index in [9.17, 15) is 4.79 Å². The van der Waals surface area contributed by atoms with Gasteiger partial charge < -0.3 is 20.3 Å². The molecule has 1 unspecified atom stereocenters. The topological polar surface area (TPSA) is 69.2 Å². The Kier molecular flexibility index (Phi) is 9.71. The lowest BCUT2D eigenvalue weighted by Gasteiger charge is -2.35. The molecule has 7 heteroatoms. The average molecular weight is 342 g/mol. The van der Waals surface area contributed by atoms with Gasteiger partial charge >= 0.3 is 0 Å². The number of carbonyl (C=O) groups is 1. The molecule has 2 N–H and O–H groups in total. The zero-order valence-electron chi connectivity index (χ0n) is 16.0. The highest BCUT2D eigenvalue weighted by molar-refractivity contribution is 5.84. The van der Waals surface area contributed by atoms with Crippen LogP contribution in [0.25, 0.3) is 0 Å². The third-order valence-corrected chi connectivity index (χ3v) is 4.03. The molecule has 7 nitrogen and oxygen atoms in total. The molecule has 140 valence electrons. The standard InChI is InChI=1S/C17H35N5O2/c1-6-18-17(20-13-16(23)21(4)5)19-12-15(11-14(2)3)22-7-9-24-10-8-22/h14-15H,6-13H2,1-5H3,(H2,18,19,20). The van der Waals surface area contributed by atoms with Crippen molar-refractivity contribution in [3.8, 4) is 0 Å². The van der Waals surface area contributed by atoms with Crippen LogP contribution in [0.3, 0.4) is 0 Å². The number of morpholine rings is 1. The molecular weight excluding hydrogens is 306 g/mol. The first-order chi connectivity index (χ1) is 11.4. The second kappa shape index (κ2) is 11.3. The Morgan fingerprint density at radius 3 is 2.46 bits per heavy atom. The monoisotopic (exact) mass is 341 g/mol. The first-order valence-corrected chi connectivity index (χ1v) is 8.98. The molecule has 0 aromatic rings. The SMILES string of the molecule is CCNC(=NCC(=O)N(C)C)NCC(CC(C)C)N1CCOCC1. The van der Waals surface area contributed by atoms with Gasteiger partial charge in [0.05, 0.1) is 13.2 Å². The number of rotatable bonds is 8. The number of aliphatic imine (C=N–C) groups is 1. The van der Waals surface area contributed by atoms with E-state index in [4.69, 9.17) is 4.74 Å². The van der Waals surface area contributed by atoms with Crippen LogP contribution in [0.15, 0.2) is 4.99 Å². The maximum atomic E-state index is 11.7. The van der Waals surface area contributed by atoms with Crippen molar-refractivity contribution in [3.05, 3.63) is 0 Å². The lowest BCUT2D eigenvalue weighted by atomic mass is 10.0. The highest BCUT2D eigenvalue weighted by Crippen LogP contribution is 2.12. The van der Waals surface area contributed by atoms with Crippen molar-refractivity contribution in [2.45, 2.75) is 33.2 Å². The molecule has 1 aliphatic heterocycles. The van der Waals surface area contributed by atoms with Crippen LogP contribution >= 0.6 is 0 Å². The second-order valence-corrected chi connectivity index (χ2v) is 6.80. The Morgan fingerprint density at radius 2 is 1.92 bits per heavy atom. The van der Waals surface area contributed by atoms with Gasteiger partial charge in [-0.3, -0.25) is 9.69 Å². The van der Waals surface area contributed by atoms with Gasteiger partial charge in [0.2, 0.25) is 5.91 Å². The molecular formula is C17H35N5O2. The van der Waals surface area contributed by atoms with Crippen LogP contribution in [0.4, 0.5) is 0 Å². The van der Waals surface area contributed by atoms with Crippen molar-refractivity contribution in [2.75, 3.05) is 60.0 Å². The predicted molar refractivity (Wildman–Crippen MR) is 98.3 cm³/mol. The summed E-state index contributed by atoms with van der Waals surface area (Å²) in [6.07, 6.45) is 1.13. The molecule has 1 heterocycles. The summed E-state index contributed by atoms with van der Waals surface area (Å²) in [5.74, 6) is 1.34. The largest absolute Gasteiger partial charge is 0.379 e. The summed E-state index contributed by atoms with van der Waals surface area (Å²) in [4.78, 5) is 20.2. The Hall–Kier alpha value is -1.34. The second-order valence-electron chi connectivity index (χ2n) is 6.80. The molecule has 0 aliphatic carbocycles. The lowest BCUT2D eigenvalue weighted by Crippen LogP contribution is -2.51. The highest BCUT2D eigenvalue weighted by atomic mass is 16.5. The summed E-state index contributed by atoms with van der Waals surface area (Å²) in [6.45, 7) is 11.9. The molecule has 0 aromatic carbocycles. The zero-order valence-corrected chi connectivity index (χ0v) is 16.0. The van der Waals surface area contributed by atoms with Gasteiger partial charge in [-0.25, -0.2) is 4.99 Å². The van der Waals surface area contributed by atoms with Crippen LogP contribution in [0.1, 0.15) is 27.2 Å². The summed E-state index contributed by atoms with van der Waals surface area (Å²) in [5.41, 5.74) is 0. The molecule has 1 fully saturated rings. The molecule has 1 rings (SSSR count). The van der Waals surface area contributed by atoms with Crippen molar-refractivity contribution in [1.29, 1.82) is 0 Å². The van der Waals surface area contributed by atoms with Crippen LogP contribution in [-0.4, -0.2) is 87.7 Å². The molecule has 0 radical (unpaired) electrons. The van der Waals surface area contributed by atoms with E-state index in [1.54, 1.807) is 19.0 Å². The number of nitrogens with zero attached hydrogens (tertiary/aromatic N) is 3. The number of likely N-dealkylation sites (N-methyl/N-ethyl adjacent to an activating group) is 1. The first kappa shape index (κ1) is 20.7. The first-order valence-electron chi connectivity index (χ1n) is 8.98. The molecule has 1 amide bonds. The summed E-state index contributed by atoms with van der Waals surface area (Å²) >= 11 is 0. The fourth-order valence-corrected chi connectivity index (χ4v) is 2.69. The van der Waals surface area contributed by atoms with Gasteiger partial charge in [-0.1, -0.05) is 13.8 Å². The highest BCUT2D eigenvalue weighted by Gasteiger charge is 2.22. The third-order valence-electron chi connectivity index (χ3n) is 4.03. The van der Waals surface area contributed by atoms with E-state index in [1.165, 1.54) is 0 Å². The third kappa shape index (κ3) is 7.97. The fourth-order valence-electron chi connectivity index (χ4n) is 2.69. The molecule has 1 atom stereocenters. The molecule has 1 aliphatic rings. The van der Waals surface area contributed by atoms with Crippen molar-refractivity contribution in [2.24, 2.45) is 10.9 Å². The number of hydrogen-bond acceptors (Lipinski definition) is 4. The normalized spacial score (nSPS) is 17.7. The minimum Gasteiger partial charge on any atom is -0.379 e.